The zero-order valence-corrected chi connectivity index (χ0v) is 15.7. The number of sulfonamides is 1. The average Bonchev–Trinajstić information content (AvgIpc) is 2.69. The Morgan fingerprint density at radius 2 is 1.65 bits per heavy atom. The number of aryl methyl sites for hydroxylation is 1. The summed E-state index contributed by atoms with van der Waals surface area (Å²) in [5.41, 5.74) is 2.01. The van der Waals surface area contributed by atoms with E-state index < -0.39 is 10.0 Å². The fourth-order valence-corrected chi connectivity index (χ4v) is 4.66. The van der Waals surface area contributed by atoms with Crippen LogP contribution in [0.5, 0.6) is 0 Å². The standard InChI is InChI=1S/C20H24N2O3S/c1-2-16-8-10-18(11-9-16)21-20(23)17-12-14-22(15-13-17)26(24,25)19-6-4-3-5-7-19/h3-11,17H,2,12-15H2,1H3,(H,21,23). The molecule has 1 aliphatic rings. The maximum absolute atomic E-state index is 12.6. The minimum absolute atomic E-state index is 0.0361. The van der Waals surface area contributed by atoms with Crippen molar-refractivity contribution in [3.8, 4) is 0 Å². The summed E-state index contributed by atoms with van der Waals surface area (Å²) in [6, 6.07) is 16.3. The molecule has 0 atom stereocenters. The topological polar surface area (TPSA) is 66.5 Å². The van der Waals surface area contributed by atoms with Crippen LogP contribution in [0.2, 0.25) is 0 Å². The van der Waals surface area contributed by atoms with E-state index >= 15 is 0 Å². The predicted molar refractivity (Wildman–Crippen MR) is 102 cm³/mol. The van der Waals surface area contributed by atoms with Gasteiger partial charge in [0, 0.05) is 24.7 Å². The van der Waals surface area contributed by atoms with Crippen molar-refractivity contribution < 1.29 is 13.2 Å². The molecule has 2 aromatic carbocycles. The lowest BCUT2D eigenvalue weighted by Crippen LogP contribution is -2.41. The number of rotatable bonds is 5. The van der Waals surface area contributed by atoms with Crippen molar-refractivity contribution in [3.63, 3.8) is 0 Å². The van der Waals surface area contributed by atoms with Gasteiger partial charge in [-0.05, 0) is 49.1 Å². The second-order valence-corrected chi connectivity index (χ2v) is 8.47. The number of amides is 1. The van der Waals surface area contributed by atoms with Crippen LogP contribution >= 0.6 is 0 Å². The van der Waals surface area contributed by atoms with Crippen molar-refractivity contribution >= 4 is 21.6 Å². The van der Waals surface area contributed by atoms with E-state index in [1.807, 2.05) is 24.3 Å². The third-order valence-electron chi connectivity index (χ3n) is 4.84. The zero-order chi connectivity index (χ0) is 18.6. The minimum atomic E-state index is -3.48. The number of carbonyl (C=O) groups excluding carboxylic acids is 1. The molecule has 0 aliphatic carbocycles. The first-order chi connectivity index (χ1) is 12.5. The molecule has 1 N–H and O–H groups in total. The molecule has 1 heterocycles. The maximum atomic E-state index is 12.6. The Labute approximate surface area is 155 Å². The van der Waals surface area contributed by atoms with Crippen LogP contribution in [0.4, 0.5) is 5.69 Å². The molecule has 1 fully saturated rings. The second-order valence-electron chi connectivity index (χ2n) is 6.53. The highest BCUT2D eigenvalue weighted by molar-refractivity contribution is 7.89. The van der Waals surface area contributed by atoms with E-state index in [1.165, 1.54) is 9.87 Å². The lowest BCUT2D eigenvalue weighted by atomic mass is 9.97. The fraction of sp³-hybridized carbons (Fsp3) is 0.350. The van der Waals surface area contributed by atoms with Gasteiger partial charge in [0.15, 0.2) is 0 Å². The van der Waals surface area contributed by atoms with E-state index in [1.54, 1.807) is 30.3 Å². The number of nitrogens with zero attached hydrogens (tertiary/aromatic N) is 1. The first kappa shape index (κ1) is 18.6. The summed E-state index contributed by atoms with van der Waals surface area (Å²) >= 11 is 0. The van der Waals surface area contributed by atoms with E-state index in [2.05, 4.69) is 12.2 Å². The summed E-state index contributed by atoms with van der Waals surface area (Å²) in [6.45, 7) is 2.82. The van der Waals surface area contributed by atoms with Gasteiger partial charge in [-0.1, -0.05) is 37.3 Å². The van der Waals surface area contributed by atoms with Gasteiger partial charge >= 0.3 is 0 Å². The monoisotopic (exact) mass is 372 g/mol. The number of benzene rings is 2. The highest BCUT2D eigenvalue weighted by atomic mass is 32.2. The molecule has 0 aromatic heterocycles. The van der Waals surface area contributed by atoms with Crippen molar-refractivity contribution in [2.24, 2.45) is 5.92 Å². The summed E-state index contributed by atoms with van der Waals surface area (Å²) in [5.74, 6) is -0.200. The van der Waals surface area contributed by atoms with Gasteiger partial charge in [-0.2, -0.15) is 4.31 Å². The molecule has 0 saturated carbocycles. The molecular formula is C20H24N2O3S. The summed E-state index contributed by atoms with van der Waals surface area (Å²) in [4.78, 5) is 12.8. The predicted octanol–water partition coefficient (Wildman–Crippen LogP) is 3.29. The molecule has 5 nitrogen and oxygen atoms in total. The van der Waals surface area contributed by atoms with Crippen molar-refractivity contribution in [1.29, 1.82) is 0 Å². The van der Waals surface area contributed by atoms with Crippen LogP contribution in [0, 0.1) is 5.92 Å². The fourth-order valence-electron chi connectivity index (χ4n) is 3.17. The molecule has 0 unspecified atom stereocenters. The number of nitrogens with one attached hydrogen (secondary N) is 1. The van der Waals surface area contributed by atoms with E-state index in [4.69, 9.17) is 0 Å². The molecule has 3 rings (SSSR count). The normalized spacial score (nSPS) is 16.3. The maximum Gasteiger partial charge on any atom is 0.243 e. The Balaban J connectivity index is 1.58. The van der Waals surface area contributed by atoms with Gasteiger partial charge in [-0.3, -0.25) is 4.79 Å². The van der Waals surface area contributed by atoms with Crippen molar-refractivity contribution in [2.75, 3.05) is 18.4 Å². The zero-order valence-electron chi connectivity index (χ0n) is 14.9. The number of hydrogen-bond acceptors (Lipinski definition) is 3. The molecule has 1 aliphatic heterocycles. The first-order valence-electron chi connectivity index (χ1n) is 8.95. The Morgan fingerprint density at radius 3 is 2.23 bits per heavy atom. The van der Waals surface area contributed by atoms with Crippen molar-refractivity contribution in [3.05, 3.63) is 60.2 Å². The quantitative estimate of drug-likeness (QED) is 0.876. The highest BCUT2D eigenvalue weighted by Crippen LogP contribution is 2.25. The molecule has 1 saturated heterocycles. The third-order valence-corrected chi connectivity index (χ3v) is 6.75. The second kappa shape index (κ2) is 8.01. The molecule has 0 bridgehead atoms. The Bertz CT molecular complexity index is 840. The largest absolute Gasteiger partial charge is 0.326 e. The summed E-state index contributed by atoms with van der Waals surface area (Å²) < 4.78 is 26.8. The van der Waals surface area contributed by atoms with E-state index in [0.717, 1.165) is 12.1 Å². The summed E-state index contributed by atoms with van der Waals surface area (Å²) in [7, 11) is -3.48. The van der Waals surface area contributed by atoms with Gasteiger partial charge in [-0.15, -0.1) is 0 Å². The molecular weight excluding hydrogens is 348 g/mol. The molecule has 2 aromatic rings. The van der Waals surface area contributed by atoms with Gasteiger partial charge in [0.05, 0.1) is 4.90 Å². The van der Waals surface area contributed by atoms with Crippen LogP contribution in [-0.2, 0) is 21.2 Å². The van der Waals surface area contributed by atoms with Gasteiger partial charge in [-0.25, -0.2) is 8.42 Å². The van der Waals surface area contributed by atoms with Crippen LogP contribution in [0.15, 0.2) is 59.5 Å². The molecule has 1 amide bonds. The minimum Gasteiger partial charge on any atom is -0.326 e. The van der Waals surface area contributed by atoms with Crippen LogP contribution in [0.3, 0.4) is 0 Å². The number of hydrogen-bond donors (Lipinski definition) is 1. The van der Waals surface area contributed by atoms with E-state index in [0.29, 0.717) is 30.8 Å². The Kier molecular flexibility index (Phi) is 5.74. The summed E-state index contributed by atoms with van der Waals surface area (Å²) in [5, 5.41) is 2.94. The smallest absolute Gasteiger partial charge is 0.243 e. The summed E-state index contributed by atoms with van der Waals surface area (Å²) in [6.07, 6.45) is 2.03. The number of carbonyl (C=O) groups is 1. The Morgan fingerprint density at radius 1 is 1.04 bits per heavy atom. The van der Waals surface area contributed by atoms with Crippen LogP contribution in [-0.4, -0.2) is 31.7 Å². The van der Waals surface area contributed by atoms with Crippen molar-refractivity contribution in [1.82, 2.24) is 4.31 Å². The SMILES string of the molecule is CCc1ccc(NC(=O)C2CCN(S(=O)(=O)c3ccccc3)CC2)cc1. The van der Waals surface area contributed by atoms with Crippen molar-refractivity contribution in [2.45, 2.75) is 31.1 Å². The lowest BCUT2D eigenvalue weighted by molar-refractivity contribution is -0.120. The molecule has 0 spiro atoms. The van der Waals surface area contributed by atoms with E-state index in [9.17, 15) is 13.2 Å². The number of piperidine rings is 1. The van der Waals surface area contributed by atoms with Crippen LogP contribution < -0.4 is 5.32 Å². The average molecular weight is 372 g/mol. The number of anilines is 1. The lowest BCUT2D eigenvalue weighted by Gasteiger charge is -2.30. The van der Waals surface area contributed by atoms with E-state index in [-0.39, 0.29) is 11.8 Å². The Hall–Kier alpha value is -2.18. The van der Waals surface area contributed by atoms with Crippen LogP contribution in [0.1, 0.15) is 25.3 Å². The van der Waals surface area contributed by atoms with Gasteiger partial charge < -0.3 is 5.32 Å². The molecule has 26 heavy (non-hydrogen) atoms. The third kappa shape index (κ3) is 4.14. The molecule has 0 radical (unpaired) electrons. The van der Waals surface area contributed by atoms with Gasteiger partial charge in [0.25, 0.3) is 0 Å². The van der Waals surface area contributed by atoms with Gasteiger partial charge in [0.2, 0.25) is 15.9 Å². The molecule has 6 heteroatoms. The van der Waals surface area contributed by atoms with Gasteiger partial charge in [0.1, 0.15) is 0 Å². The van der Waals surface area contributed by atoms with Crippen LogP contribution in [0.25, 0.3) is 0 Å². The highest BCUT2D eigenvalue weighted by Gasteiger charge is 2.31. The first-order valence-corrected chi connectivity index (χ1v) is 10.4. The molecule has 138 valence electrons.